The van der Waals surface area contributed by atoms with Gasteiger partial charge in [-0.2, -0.15) is 9.40 Å². The minimum Gasteiger partial charge on any atom is -0.454 e. The molecule has 26 heavy (non-hydrogen) atoms. The quantitative estimate of drug-likeness (QED) is 0.862. The Labute approximate surface area is 152 Å². The van der Waals surface area contributed by atoms with E-state index >= 15 is 0 Å². The Kier molecular flexibility index (Phi) is 4.37. The molecule has 2 aliphatic heterocycles. The highest BCUT2D eigenvalue weighted by molar-refractivity contribution is 7.89. The average molecular weight is 378 g/mol. The minimum atomic E-state index is -3.51. The molecule has 1 saturated heterocycles. The van der Waals surface area contributed by atoms with Crippen LogP contribution in [0.1, 0.15) is 17.0 Å². The van der Waals surface area contributed by atoms with Crippen molar-refractivity contribution in [2.75, 3.05) is 33.0 Å². The molecule has 1 aromatic heterocycles. The Morgan fingerprint density at radius 1 is 1.12 bits per heavy atom. The first kappa shape index (κ1) is 17.3. The highest BCUT2D eigenvalue weighted by atomic mass is 32.2. The molecule has 8 nitrogen and oxygen atoms in total. The maximum atomic E-state index is 12.9. The van der Waals surface area contributed by atoms with E-state index in [0.29, 0.717) is 42.5 Å². The number of aromatic amines is 1. The summed E-state index contributed by atoms with van der Waals surface area (Å²) >= 11 is 0. The zero-order chi connectivity index (χ0) is 18.3. The van der Waals surface area contributed by atoms with Crippen LogP contribution in [0.3, 0.4) is 0 Å². The third-order valence-corrected chi connectivity index (χ3v) is 7.00. The Hall–Kier alpha value is -2.10. The number of piperazine rings is 1. The summed E-state index contributed by atoms with van der Waals surface area (Å²) in [6.45, 7) is 6.78. The number of nitrogens with zero attached hydrogens (tertiary/aromatic N) is 3. The van der Waals surface area contributed by atoms with Crippen molar-refractivity contribution >= 4 is 10.0 Å². The molecular formula is C17H22N4O4S. The number of fused-ring (bicyclic) bond motifs is 1. The van der Waals surface area contributed by atoms with Crippen LogP contribution in [0, 0.1) is 13.8 Å². The third kappa shape index (κ3) is 3.06. The SMILES string of the molecule is Cc1n[nH]c(C)c1S(=O)(=O)N1CCN(Cc2ccc3c(c2)OCO3)CC1. The van der Waals surface area contributed by atoms with Crippen LogP contribution in [0.15, 0.2) is 23.1 Å². The summed E-state index contributed by atoms with van der Waals surface area (Å²) in [6.07, 6.45) is 0. The lowest BCUT2D eigenvalue weighted by Crippen LogP contribution is -2.48. The molecule has 0 bridgehead atoms. The van der Waals surface area contributed by atoms with Crippen molar-refractivity contribution in [3.8, 4) is 11.5 Å². The fraction of sp³-hybridized carbons (Fsp3) is 0.471. The number of H-pyrrole nitrogens is 1. The van der Waals surface area contributed by atoms with E-state index in [4.69, 9.17) is 9.47 Å². The molecule has 9 heteroatoms. The third-order valence-electron chi connectivity index (χ3n) is 4.83. The van der Waals surface area contributed by atoms with Crippen LogP contribution in [0.25, 0.3) is 0 Å². The lowest BCUT2D eigenvalue weighted by Gasteiger charge is -2.34. The van der Waals surface area contributed by atoms with Crippen molar-refractivity contribution in [3.05, 3.63) is 35.2 Å². The van der Waals surface area contributed by atoms with Crippen LogP contribution in [0.2, 0.25) is 0 Å². The second-order valence-corrected chi connectivity index (χ2v) is 8.51. The molecule has 140 valence electrons. The maximum Gasteiger partial charge on any atom is 0.246 e. The number of sulfonamides is 1. The van der Waals surface area contributed by atoms with Crippen LogP contribution < -0.4 is 9.47 Å². The predicted octanol–water partition coefficient (Wildman–Crippen LogP) is 1.26. The van der Waals surface area contributed by atoms with Gasteiger partial charge in [-0.1, -0.05) is 6.07 Å². The Morgan fingerprint density at radius 2 is 1.85 bits per heavy atom. The number of aryl methyl sites for hydroxylation is 2. The maximum absolute atomic E-state index is 12.9. The zero-order valence-corrected chi connectivity index (χ0v) is 15.7. The van der Waals surface area contributed by atoms with Gasteiger partial charge in [0.05, 0.1) is 11.4 Å². The molecule has 0 aliphatic carbocycles. The van der Waals surface area contributed by atoms with Crippen molar-refractivity contribution in [3.63, 3.8) is 0 Å². The molecule has 0 amide bonds. The van der Waals surface area contributed by atoms with Gasteiger partial charge in [0.2, 0.25) is 16.8 Å². The van der Waals surface area contributed by atoms with Gasteiger partial charge in [0, 0.05) is 32.7 Å². The standard InChI is InChI=1S/C17H22N4O4S/c1-12-17(13(2)19-18-12)26(22,23)21-7-5-20(6-8-21)10-14-3-4-15-16(9-14)25-11-24-15/h3-4,9H,5-8,10-11H2,1-2H3,(H,18,19). The van der Waals surface area contributed by atoms with Crippen molar-refractivity contribution in [1.29, 1.82) is 0 Å². The highest BCUT2D eigenvalue weighted by Crippen LogP contribution is 2.33. The monoisotopic (exact) mass is 378 g/mol. The molecule has 0 unspecified atom stereocenters. The fourth-order valence-corrected chi connectivity index (χ4v) is 5.23. The van der Waals surface area contributed by atoms with E-state index in [-0.39, 0.29) is 6.79 Å². The minimum absolute atomic E-state index is 0.266. The molecule has 0 atom stereocenters. The van der Waals surface area contributed by atoms with Crippen molar-refractivity contribution < 1.29 is 17.9 Å². The van der Waals surface area contributed by atoms with Crippen molar-refractivity contribution in [1.82, 2.24) is 19.4 Å². The van der Waals surface area contributed by atoms with Gasteiger partial charge in [-0.25, -0.2) is 8.42 Å². The number of aromatic nitrogens is 2. The molecule has 2 aromatic rings. The van der Waals surface area contributed by atoms with Crippen LogP contribution in [-0.2, 0) is 16.6 Å². The van der Waals surface area contributed by atoms with Gasteiger partial charge in [-0.05, 0) is 31.5 Å². The Bertz CT molecular complexity index is 897. The number of rotatable bonds is 4. The second-order valence-electron chi connectivity index (χ2n) is 6.63. The van der Waals surface area contributed by atoms with E-state index in [2.05, 4.69) is 15.1 Å². The molecule has 4 rings (SSSR count). The summed E-state index contributed by atoms with van der Waals surface area (Å²) in [6, 6.07) is 5.93. The molecule has 0 spiro atoms. The van der Waals surface area contributed by atoms with E-state index < -0.39 is 10.0 Å². The molecule has 1 aromatic carbocycles. The summed E-state index contributed by atoms with van der Waals surface area (Å²) in [4.78, 5) is 2.56. The molecular weight excluding hydrogens is 356 g/mol. The van der Waals surface area contributed by atoms with Crippen LogP contribution in [0.5, 0.6) is 11.5 Å². The molecule has 0 radical (unpaired) electrons. The van der Waals surface area contributed by atoms with Gasteiger partial charge in [0.25, 0.3) is 0 Å². The van der Waals surface area contributed by atoms with Crippen molar-refractivity contribution in [2.24, 2.45) is 0 Å². The largest absolute Gasteiger partial charge is 0.454 e. The van der Waals surface area contributed by atoms with Crippen LogP contribution >= 0.6 is 0 Å². The molecule has 1 fully saturated rings. The predicted molar refractivity (Wildman–Crippen MR) is 94.7 cm³/mol. The summed E-state index contributed by atoms with van der Waals surface area (Å²) < 4.78 is 38.1. The van der Waals surface area contributed by atoms with Gasteiger partial charge in [0.15, 0.2) is 11.5 Å². The topological polar surface area (TPSA) is 87.8 Å². The zero-order valence-electron chi connectivity index (χ0n) is 14.9. The Balaban J connectivity index is 1.41. The van der Waals surface area contributed by atoms with E-state index in [1.807, 2.05) is 18.2 Å². The first-order chi connectivity index (χ1) is 12.4. The van der Waals surface area contributed by atoms with Gasteiger partial charge >= 0.3 is 0 Å². The van der Waals surface area contributed by atoms with E-state index in [1.165, 1.54) is 0 Å². The van der Waals surface area contributed by atoms with E-state index in [1.54, 1.807) is 18.2 Å². The van der Waals surface area contributed by atoms with Crippen molar-refractivity contribution in [2.45, 2.75) is 25.3 Å². The van der Waals surface area contributed by atoms with Gasteiger partial charge in [0.1, 0.15) is 4.90 Å². The molecule has 1 N–H and O–H groups in total. The fourth-order valence-electron chi connectivity index (χ4n) is 3.48. The summed E-state index contributed by atoms with van der Waals surface area (Å²) in [5, 5.41) is 6.77. The summed E-state index contributed by atoms with van der Waals surface area (Å²) in [5.41, 5.74) is 2.24. The molecule has 3 heterocycles. The number of nitrogens with one attached hydrogen (secondary N) is 1. The summed E-state index contributed by atoms with van der Waals surface area (Å²) in [7, 11) is -3.51. The summed E-state index contributed by atoms with van der Waals surface area (Å²) in [5.74, 6) is 1.55. The lowest BCUT2D eigenvalue weighted by atomic mass is 10.2. The Morgan fingerprint density at radius 3 is 2.54 bits per heavy atom. The van der Waals surface area contributed by atoms with E-state index in [9.17, 15) is 8.42 Å². The number of ether oxygens (including phenoxy) is 2. The van der Waals surface area contributed by atoms with E-state index in [0.717, 1.165) is 23.6 Å². The normalized spacial score (nSPS) is 18.4. The molecule has 0 saturated carbocycles. The first-order valence-corrected chi connectivity index (χ1v) is 10.0. The number of benzene rings is 1. The van der Waals surface area contributed by atoms with Crippen LogP contribution in [0.4, 0.5) is 0 Å². The number of hydrogen-bond acceptors (Lipinski definition) is 6. The second kappa shape index (κ2) is 6.57. The average Bonchev–Trinajstić information content (AvgIpc) is 3.21. The van der Waals surface area contributed by atoms with Gasteiger partial charge in [-0.3, -0.25) is 10.00 Å². The van der Waals surface area contributed by atoms with Gasteiger partial charge in [-0.15, -0.1) is 0 Å². The lowest BCUT2D eigenvalue weighted by molar-refractivity contribution is 0.173. The smallest absolute Gasteiger partial charge is 0.246 e. The van der Waals surface area contributed by atoms with Gasteiger partial charge < -0.3 is 9.47 Å². The van der Waals surface area contributed by atoms with Crippen LogP contribution in [-0.4, -0.2) is 60.8 Å². The highest BCUT2D eigenvalue weighted by Gasteiger charge is 2.32. The molecule has 2 aliphatic rings. The number of hydrogen-bond donors (Lipinski definition) is 1. The first-order valence-electron chi connectivity index (χ1n) is 8.58.